The smallest absolute Gasteiger partial charge is 0.261 e. The molecule has 25 heavy (non-hydrogen) atoms. The standard InChI is InChI=1S/C18H21ClN2O3S/c1-12-8-9-14(19)11-16(12)21-25(23,24)15-7-5-6-13(10-15)17(22)20-18(2,3)4/h5-11,21H,1-4H3,(H,20,22). The number of carbonyl (C=O) groups is 1. The van der Waals surface area contributed by atoms with E-state index in [9.17, 15) is 13.2 Å². The third kappa shape index (κ3) is 5.21. The van der Waals surface area contributed by atoms with Crippen molar-refractivity contribution >= 4 is 33.2 Å². The number of anilines is 1. The van der Waals surface area contributed by atoms with E-state index in [4.69, 9.17) is 11.6 Å². The Balaban J connectivity index is 2.32. The number of hydrogen-bond donors (Lipinski definition) is 2. The van der Waals surface area contributed by atoms with E-state index in [1.54, 1.807) is 31.2 Å². The third-order valence-corrected chi connectivity index (χ3v) is 4.94. The summed E-state index contributed by atoms with van der Waals surface area (Å²) in [6.07, 6.45) is 0. The van der Waals surface area contributed by atoms with E-state index in [0.717, 1.165) is 5.56 Å². The molecule has 134 valence electrons. The van der Waals surface area contributed by atoms with Crippen LogP contribution in [0, 0.1) is 6.92 Å². The van der Waals surface area contributed by atoms with Gasteiger partial charge < -0.3 is 5.32 Å². The maximum atomic E-state index is 12.6. The van der Waals surface area contributed by atoms with Crippen LogP contribution in [-0.2, 0) is 10.0 Å². The van der Waals surface area contributed by atoms with E-state index in [2.05, 4.69) is 10.0 Å². The summed E-state index contributed by atoms with van der Waals surface area (Å²) in [5.41, 5.74) is 1.01. The van der Waals surface area contributed by atoms with Crippen molar-refractivity contribution in [1.29, 1.82) is 0 Å². The first-order chi connectivity index (χ1) is 11.5. The van der Waals surface area contributed by atoms with Gasteiger partial charge >= 0.3 is 0 Å². The molecule has 0 spiro atoms. The Labute approximate surface area is 153 Å². The number of amides is 1. The highest BCUT2D eigenvalue weighted by Crippen LogP contribution is 2.24. The van der Waals surface area contributed by atoms with Gasteiger partial charge in [-0.2, -0.15) is 0 Å². The minimum Gasteiger partial charge on any atom is -0.347 e. The first kappa shape index (κ1) is 19.3. The summed E-state index contributed by atoms with van der Waals surface area (Å²) in [5.74, 6) is -0.330. The van der Waals surface area contributed by atoms with E-state index < -0.39 is 15.6 Å². The molecule has 2 N–H and O–H groups in total. The fourth-order valence-electron chi connectivity index (χ4n) is 2.13. The molecule has 0 atom stereocenters. The maximum absolute atomic E-state index is 12.6. The quantitative estimate of drug-likeness (QED) is 0.842. The number of nitrogens with one attached hydrogen (secondary N) is 2. The Kier molecular flexibility index (Phi) is 5.44. The number of carbonyl (C=O) groups excluding carboxylic acids is 1. The summed E-state index contributed by atoms with van der Waals surface area (Å²) in [7, 11) is -3.84. The molecule has 0 aliphatic rings. The number of hydrogen-bond acceptors (Lipinski definition) is 3. The molecule has 2 rings (SSSR count). The maximum Gasteiger partial charge on any atom is 0.261 e. The summed E-state index contributed by atoms with van der Waals surface area (Å²) < 4.78 is 27.8. The molecule has 0 heterocycles. The first-order valence-corrected chi connectivity index (χ1v) is 9.56. The van der Waals surface area contributed by atoms with E-state index in [0.29, 0.717) is 10.7 Å². The number of aryl methyl sites for hydroxylation is 1. The van der Waals surface area contributed by atoms with E-state index in [1.165, 1.54) is 18.2 Å². The lowest BCUT2D eigenvalue weighted by Crippen LogP contribution is -2.40. The minimum atomic E-state index is -3.84. The van der Waals surface area contributed by atoms with Crippen molar-refractivity contribution in [1.82, 2.24) is 5.32 Å². The summed E-state index contributed by atoms with van der Waals surface area (Å²) in [6, 6.07) is 10.9. The van der Waals surface area contributed by atoms with Crippen LogP contribution >= 0.6 is 11.6 Å². The Morgan fingerprint density at radius 1 is 1.08 bits per heavy atom. The largest absolute Gasteiger partial charge is 0.347 e. The lowest BCUT2D eigenvalue weighted by atomic mass is 10.1. The van der Waals surface area contributed by atoms with Gasteiger partial charge in [0.05, 0.1) is 10.6 Å². The number of rotatable bonds is 4. The average molecular weight is 381 g/mol. The van der Waals surface area contributed by atoms with Crippen LogP contribution in [0.4, 0.5) is 5.69 Å². The van der Waals surface area contributed by atoms with Gasteiger partial charge in [0.25, 0.3) is 15.9 Å². The van der Waals surface area contributed by atoms with Gasteiger partial charge in [-0.1, -0.05) is 23.7 Å². The van der Waals surface area contributed by atoms with Crippen molar-refractivity contribution in [2.24, 2.45) is 0 Å². The van der Waals surface area contributed by atoms with Crippen molar-refractivity contribution in [3.8, 4) is 0 Å². The molecule has 0 radical (unpaired) electrons. The average Bonchev–Trinajstić information content (AvgIpc) is 2.49. The highest BCUT2D eigenvalue weighted by Gasteiger charge is 2.19. The van der Waals surface area contributed by atoms with Crippen LogP contribution in [0.15, 0.2) is 47.4 Å². The molecule has 0 unspecified atom stereocenters. The molecule has 0 aromatic heterocycles. The lowest BCUT2D eigenvalue weighted by molar-refractivity contribution is 0.0919. The Bertz CT molecular complexity index is 903. The molecule has 7 heteroatoms. The zero-order valence-corrected chi connectivity index (χ0v) is 16.1. The van der Waals surface area contributed by atoms with Crippen molar-refractivity contribution in [3.05, 3.63) is 58.6 Å². The predicted octanol–water partition coefficient (Wildman–Crippen LogP) is 3.98. The SMILES string of the molecule is Cc1ccc(Cl)cc1NS(=O)(=O)c1cccc(C(=O)NC(C)(C)C)c1. The normalized spacial score (nSPS) is 11.9. The van der Waals surface area contributed by atoms with Crippen LogP contribution in [0.2, 0.25) is 5.02 Å². The van der Waals surface area contributed by atoms with E-state index in [-0.39, 0.29) is 16.4 Å². The van der Waals surface area contributed by atoms with E-state index in [1.807, 2.05) is 20.8 Å². The van der Waals surface area contributed by atoms with Crippen molar-refractivity contribution in [2.45, 2.75) is 38.1 Å². The number of halogens is 1. The molecular formula is C18H21ClN2O3S. The van der Waals surface area contributed by atoms with Gasteiger partial charge in [0.1, 0.15) is 0 Å². The van der Waals surface area contributed by atoms with Gasteiger partial charge in [0.2, 0.25) is 0 Å². The predicted molar refractivity (Wildman–Crippen MR) is 101 cm³/mol. The fourth-order valence-corrected chi connectivity index (χ4v) is 3.46. The van der Waals surface area contributed by atoms with Crippen molar-refractivity contribution in [2.75, 3.05) is 4.72 Å². The highest BCUT2D eigenvalue weighted by molar-refractivity contribution is 7.92. The lowest BCUT2D eigenvalue weighted by Gasteiger charge is -2.20. The molecule has 0 aliphatic carbocycles. The zero-order valence-electron chi connectivity index (χ0n) is 14.6. The molecule has 0 bridgehead atoms. The Morgan fingerprint density at radius 3 is 2.40 bits per heavy atom. The topological polar surface area (TPSA) is 75.3 Å². The molecule has 2 aromatic carbocycles. The van der Waals surface area contributed by atoms with Crippen LogP contribution in [0.1, 0.15) is 36.7 Å². The Hall–Kier alpha value is -2.05. The zero-order chi connectivity index (χ0) is 18.8. The van der Waals surface area contributed by atoms with Gasteiger partial charge in [-0.25, -0.2) is 8.42 Å². The van der Waals surface area contributed by atoms with Gasteiger partial charge in [-0.15, -0.1) is 0 Å². The van der Waals surface area contributed by atoms with Crippen LogP contribution in [0.5, 0.6) is 0 Å². The molecule has 5 nitrogen and oxygen atoms in total. The summed E-state index contributed by atoms with van der Waals surface area (Å²) in [5, 5.41) is 3.24. The molecule has 0 saturated heterocycles. The molecule has 0 fully saturated rings. The second-order valence-electron chi connectivity index (χ2n) is 6.80. The second-order valence-corrected chi connectivity index (χ2v) is 8.92. The molecule has 1 amide bonds. The van der Waals surface area contributed by atoms with Crippen molar-refractivity contribution < 1.29 is 13.2 Å². The van der Waals surface area contributed by atoms with Gasteiger partial charge in [0.15, 0.2) is 0 Å². The third-order valence-electron chi connectivity index (χ3n) is 3.34. The Morgan fingerprint density at radius 2 is 1.76 bits per heavy atom. The second kappa shape index (κ2) is 7.06. The van der Waals surface area contributed by atoms with Crippen LogP contribution in [-0.4, -0.2) is 19.9 Å². The van der Waals surface area contributed by atoms with Gasteiger partial charge in [0, 0.05) is 16.1 Å². The highest BCUT2D eigenvalue weighted by atomic mass is 35.5. The number of sulfonamides is 1. The summed E-state index contributed by atoms with van der Waals surface area (Å²) in [4.78, 5) is 12.3. The van der Waals surface area contributed by atoms with Crippen LogP contribution < -0.4 is 10.0 Å². The summed E-state index contributed by atoms with van der Waals surface area (Å²) in [6.45, 7) is 7.35. The molecule has 0 saturated carbocycles. The monoisotopic (exact) mass is 380 g/mol. The minimum absolute atomic E-state index is 0.00781. The number of benzene rings is 2. The van der Waals surface area contributed by atoms with Crippen LogP contribution in [0.3, 0.4) is 0 Å². The van der Waals surface area contributed by atoms with Gasteiger partial charge in [-0.05, 0) is 63.6 Å². The fraction of sp³-hybridized carbons (Fsp3) is 0.278. The van der Waals surface area contributed by atoms with Gasteiger partial charge in [-0.3, -0.25) is 9.52 Å². The molecule has 0 aliphatic heterocycles. The van der Waals surface area contributed by atoms with E-state index >= 15 is 0 Å². The summed E-state index contributed by atoms with van der Waals surface area (Å²) >= 11 is 5.93. The molecular weight excluding hydrogens is 360 g/mol. The van der Waals surface area contributed by atoms with Crippen molar-refractivity contribution in [3.63, 3.8) is 0 Å². The molecule has 2 aromatic rings. The first-order valence-electron chi connectivity index (χ1n) is 7.69. The van der Waals surface area contributed by atoms with Crippen LogP contribution in [0.25, 0.3) is 0 Å².